The SMILES string of the molecule is CCC(CC(C)(C)c1ccccc1)c1ccccc1.CCCCCCCCCCCCCCOC(=O)c1cc(C(=O)OCCCCCCCCCCCCCC)cc(S(=O)[O-])c1.CCCOc1cc2c(cc1OCCC)C1(CC2(C)C)CC(C)(C)c2cc(OCCC)c(OCCC)cc21.CCOC(=O)c1cc(Cl)c(C=O)c(Cl)c1. The molecule has 16 heteroatoms. The first-order valence-electron chi connectivity index (χ1n) is 43.5. The van der Waals surface area contributed by atoms with Crippen LogP contribution in [0.1, 0.15) is 383 Å². The van der Waals surface area contributed by atoms with Gasteiger partial charge in [-0.2, -0.15) is 0 Å². The Bertz CT molecular complexity index is 3640. The molecule has 0 amide bonds. The van der Waals surface area contributed by atoms with Crippen LogP contribution < -0.4 is 18.9 Å². The monoisotopic (exact) mass is 1630 g/mol. The van der Waals surface area contributed by atoms with Crippen molar-refractivity contribution in [3.63, 3.8) is 0 Å². The summed E-state index contributed by atoms with van der Waals surface area (Å²) in [6, 6.07) is 37.5. The molecule has 1 spiro atoms. The Balaban J connectivity index is 0.000000292. The lowest BCUT2D eigenvalue weighted by Gasteiger charge is -2.31. The molecule has 0 radical (unpaired) electrons. The van der Waals surface area contributed by atoms with E-state index >= 15 is 0 Å². The number of aldehydes is 1. The van der Waals surface area contributed by atoms with E-state index in [1.165, 1.54) is 192 Å². The second-order valence-electron chi connectivity index (χ2n) is 33.0. The van der Waals surface area contributed by atoms with Gasteiger partial charge < -0.3 is 37.7 Å². The summed E-state index contributed by atoms with van der Waals surface area (Å²) < 4.78 is 63.8. The van der Waals surface area contributed by atoms with E-state index in [9.17, 15) is 27.9 Å². The minimum Gasteiger partial charge on any atom is -0.768 e. The van der Waals surface area contributed by atoms with Crippen LogP contribution in [0.5, 0.6) is 23.0 Å². The lowest BCUT2D eigenvalue weighted by Crippen LogP contribution is -2.27. The molecular formula is C98H141Cl2O13S-. The van der Waals surface area contributed by atoms with Crippen LogP contribution >= 0.6 is 23.2 Å². The number of rotatable bonds is 49. The van der Waals surface area contributed by atoms with Gasteiger partial charge in [-0.25, -0.2) is 14.4 Å². The molecule has 0 heterocycles. The first kappa shape index (κ1) is 97.9. The molecule has 13 nitrogen and oxygen atoms in total. The first-order valence-corrected chi connectivity index (χ1v) is 45.4. The summed E-state index contributed by atoms with van der Waals surface area (Å²) in [4.78, 5) is 47.0. The molecule has 0 saturated heterocycles. The zero-order valence-corrected chi connectivity index (χ0v) is 74.5. The van der Waals surface area contributed by atoms with E-state index in [0.717, 1.165) is 100 Å². The third-order valence-electron chi connectivity index (χ3n) is 21.8. The average Bonchev–Trinajstić information content (AvgIpc) is 1.52. The standard InChI is InChI=1S/C36H62O6S.C33H48O4.C19H24.C10H8Cl2O3/c1-3-5-7-9-11-13-15-17-19-21-23-25-27-41-35(37)32-29-33(31-34(30-32)43(39)40)36(38)42-28-26-24-22-20-18-16-14-12-10-8-6-4-2;1-9-13-34-27-17-23-25(19-29(27)36-15-11-3)33(21-31(23,5)6)22-32(7,8)24-18-28(35-14-10-2)30(20-26(24)33)37-16-12-4;1-4-16(17-11-7-5-8-12-17)15-19(2,3)18-13-9-6-10-14-18;1-2-15-10(14)6-3-8(11)7(5-13)9(12)4-6/h29-31H,3-28H2,1-2H3,(H,39,40);17-20H,9-16,21-22H2,1-8H3;5-14,16H,4,15H2,1-3H3;3-5H,2H2,1H3/p-1. The molecule has 0 bridgehead atoms. The van der Waals surface area contributed by atoms with Gasteiger partial charge in [0.2, 0.25) is 0 Å². The van der Waals surface area contributed by atoms with Crippen LogP contribution in [-0.4, -0.2) is 79.2 Å². The van der Waals surface area contributed by atoms with E-state index in [4.69, 9.17) is 56.4 Å². The van der Waals surface area contributed by atoms with Crippen molar-refractivity contribution in [3.05, 3.63) is 181 Å². The molecular weight excluding hydrogens is 1490 g/mol. The minimum absolute atomic E-state index is 0.0163. The molecule has 2 aliphatic carbocycles. The molecule has 6 aromatic carbocycles. The molecule has 2 aliphatic rings. The molecule has 0 fully saturated rings. The lowest BCUT2D eigenvalue weighted by atomic mass is 9.72. The Kier molecular flexibility index (Phi) is 45.4. The Morgan fingerprint density at radius 3 is 1.11 bits per heavy atom. The summed E-state index contributed by atoms with van der Waals surface area (Å²) in [7, 11) is 0. The number of hydrogen-bond donors (Lipinski definition) is 0. The molecule has 632 valence electrons. The highest BCUT2D eigenvalue weighted by molar-refractivity contribution is 7.79. The third-order valence-corrected chi connectivity index (χ3v) is 23.1. The molecule has 0 aliphatic heterocycles. The van der Waals surface area contributed by atoms with Crippen molar-refractivity contribution in [2.24, 2.45) is 0 Å². The second kappa shape index (κ2) is 52.9. The Morgan fingerprint density at radius 1 is 0.439 bits per heavy atom. The maximum absolute atomic E-state index is 12.6. The predicted molar refractivity (Wildman–Crippen MR) is 470 cm³/mol. The first-order chi connectivity index (χ1) is 54.8. The molecule has 2 unspecified atom stereocenters. The van der Waals surface area contributed by atoms with Crippen LogP contribution in [0.2, 0.25) is 10.0 Å². The summed E-state index contributed by atoms with van der Waals surface area (Å²) in [5.74, 6) is 2.40. The fraction of sp³-hybridized carbons (Fsp3) is 0.592. The number of carbonyl (C=O) groups is 4. The number of fused-ring (bicyclic) bond motifs is 4. The van der Waals surface area contributed by atoms with Gasteiger partial charge in [0.05, 0.1) is 78.5 Å². The van der Waals surface area contributed by atoms with Crippen molar-refractivity contribution in [1.29, 1.82) is 0 Å². The van der Waals surface area contributed by atoms with Crippen LogP contribution in [0.25, 0.3) is 0 Å². The van der Waals surface area contributed by atoms with Crippen molar-refractivity contribution in [2.75, 3.05) is 46.2 Å². The predicted octanol–water partition coefficient (Wildman–Crippen LogP) is 27.7. The normalized spacial score (nSPS) is 13.8. The van der Waals surface area contributed by atoms with Gasteiger partial charge >= 0.3 is 17.9 Å². The fourth-order valence-electron chi connectivity index (χ4n) is 15.8. The Hall–Kier alpha value is -6.71. The van der Waals surface area contributed by atoms with Crippen molar-refractivity contribution in [1.82, 2.24) is 0 Å². The quantitative estimate of drug-likeness (QED) is 0.0116. The zero-order valence-electron chi connectivity index (χ0n) is 72.2. The van der Waals surface area contributed by atoms with E-state index in [1.54, 1.807) is 6.92 Å². The molecule has 8 rings (SSSR count). The highest BCUT2D eigenvalue weighted by Gasteiger charge is 2.57. The van der Waals surface area contributed by atoms with Crippen molar-refractivity contribution in [3.8, 4) is 23.0 Å². The van der Waals surface area contributed by atoms with Crippen LogP contribution in [0.3, 0.4) is 0 Å². The summed E-state index contributed by atoms with van der Waals surface area (Å²) >= 11 is 8.93. The summed E-state index contributed by atoms with van der Waals surface area (Å²) in [6.45, 7) is 34.9. The number of benzene rings is 6. The van der Waals surface area contributed by atoms with Crippen molar-refractivity contribution in [2.45, 2.75) is 335 Å². The highest BCUT2D eigenvalue weighted by atomic mass is 35.5. The minimum atomic E-state index is -2.58. The molecule has 0 saturated carbocycles. The van der Waals surface area contributed by atoms with E-state index < -0.39 is 29.0 Å². The number of carbonyl (C=O) groups excluding carboxylic acids is 4. The maximum atomic E-state index is 12.6. The van der Waals surface area contributed by atoms with Crippen LogP contribution in [0.4, 0.5) is 0 Å². The molecule has 2 atom stereocenters. The van der Waals surface area contributed by atoms with Gasteiger partial charge in [-0.15, -0.1) is 0 Å². The lowest BCUT2D eigenvalue weighted by molar-refractivity contribution is 0.0490. The van der Waals surface area contributed by atoms with Gasteiger partial charge in [-0.1, -0.05) is 315 Å². The van der Waals surface area contributed by atoms with E-state index in [-0.39, 0.29) is 78.7 Å². The largest absolute Gasteiger partial charge is 0.768 e. The Morgan fingerprint density at radius 2 is 0.772 bits per heavy atom. The van der Waals surface area contributed by atoms with Crippen molar-refractivity contribution >= 4 is 58.5 Å². The third kappa shape index (κ3) is 32.0. The smallest absolute Gasteiger partial charge is 0.338 e. The second-order valence-corrected chi connectivity index (χ2v) is 34.7. The summed E-state index contributed by atoms with van der Waals surface area (Å²) in [5, 5.41) is 0.279. The van der Waals surface area contributed by atoms with Gasteiger partial charge in [-0.3, -0.25) is 9.00 Å². The number of hydrogen-bond acceptors (Lipinski definition) is 13. The number of ether oxygens (including phenoxy) is 7. The van der Waals surface area contributed by atoms with E-state index in [0.29, 0.717) is 38.6 Å². The Labute approximate surface area is 700 Å². The highest BCUT2D eigenvalue weighted by Crippen LogP contribution is 2.65. The van der Waals surface area contributed by atoms with Gasteiger partial charge in [0.25, 0.3) is 0 Å². The van der Waals surface area contributed by atoms with Gasteiger partial charge in [-0.05, 0) is 192 Å². The number of esters is 3. The van der Waals surface area contributed by atoms with Crippen molar-refractivity contribution < 1.29 is 61.1 Å². The zero-order chi connectivity index (χ0) is 83.4. The van der Waals surface area contributed by atoms with E-state index in [2.05, 4.69) is 175 Å². The molecule has 0 N–H and O–H groups in total. The fourth-order valence-corrected chi connectivity index (χ4v) is 16.8. The number of halogens is 2. The topological polar surface area (TPSA) is 173 Å². The average molecular weight is 1630 g/mol. The molecule has 0 aromatic heterocycles. The molecule has 114 heavy (non-hydrogen) atoms. The van der Waals surface area contributed by atoms with E-state index in [1.807, 2.05) is 0 Å². The van der Waals surface area contributed by atoms with Crippen LogP contribution in [0, 0.1) is 0 Å². The maximum Gasteiger partial charge on any atom is 0.338 e. The summed E-state index contributed by atoms with van der Waals surface area (Å²) in [6.07, 6.45) is 38.2. The van der Waals surface area contributed by atoms with Crippen LogP contribution in [0.15, 0.2) is 120 Å². The number of unbranched alkanes of at least 4 members (excludes halogenated alkanes) is 22. The van der Waals surface area contributed by atoms with Gasteiger partial charge in [0, 0.05) is 10.3 Å². The van der Waals surface area contributed by atoms with Gasteiger partial charge in [0.1, 0.15) is 0 Å². The summed E-state index contributed by atoms with van der Waals surface area (Å²) in [5.41, 5.74) is 9.12. The van der Waals surface area contributed by atoms with Crippen LogP contribution in [-0.2, 0) is 47.0 Å². The molecule has 6 aromatic rings. The van der Waals surface area contributed by atoms with Gasteiger partial charge in [0.15, 0.2) is 29.3 Å².